The van der Waals surface area contributed by atoms with Crippen molar-refractivity contribution >= 4 is 11.9 Å². The molecule has 1 aliphatic heterocycles. The van der Waals surface area contributed by atoms with Crippen LogP contribution in [0.1, 0.15) is 30.9 Å². The number of likely N-dealkylation sites (tertiary alicyclic amines) is 1. The van der Waals surface area contributed by atoms with Gasteiger partial charge in [-0.15, -0.1) is 0 Å². The lowest BCUT2D eigenvalue weighted by atomic mass is 9.99. The Kier molecular flexibility index (Phi) is 6.02. The van der Waals surface area contributed by atoms with Crippen LogP contribution in [-0.4, -0.2) is 43.1 Å². The van der Waals surface area contributed by atoms with Crippen LogP contribution < -0.4 is 4.74 Å². The molecule has 2 rings (SSSR count). The number of hydrogen-bond donors (Lipinski definition) is 0. The smallest absolute Gasteiger partial charge is 0.344 e. The molecule has 0 bridgehead atoms. The number of esters is 1. The molecule has 1 fully saturated rings. The quantitative estimate of drug-likeness (QED) is 0.783. The average Bonchev–Trinajstić information content (AvgIpc) is 2.54. The lowest BCUT2D eigenvalue weighted by Gasteiger charge is -2.30. The Morgan fingerprint density at radius 1 is 1.13 bits per heavy atom. The van der Waals surface area contributed by atoms with E-state index >= 15 is 0 Å². The van der Waals surface area contributed by atoms with E-state index in [1.165, 1.54) is 5.56 Å². The molecule has 0 aromatic heterocycles. The van der Waals surface area contributed by atoms with Crippen LogP contribution in [0.2, 0.25) is 0 Å². The summed E-state index contributed by atoms with van der Waals surface area (Å²) in [5, 5.41) is 0. The van der Waals surface area contributed by atoms with Crippen LogP contribution in [0.15, 0.2) is 18.2 Å². The molecular formula is C18H25NO4. The topological polar surface area (TPSA) is 55.8 Å². The molecule has 1 heterocycles. The summed E-state index contributed by atoms with van der Waals surface area (Å²) in [7, 11) is 0. The van der Waals surface area contributed by atoms with Crippen LogP contribution in [0, 0.1) is 19.8 Å². The fourth-order valence-electron chi connectivity index (χ4n) is 2.48. The number of nitrogens with zero attached hydrogens (tertiary/aromatic N) is 1. The first-order valence-corrected chi connectivity index (χ1v) is 8.09. The first-order chi connectivity index (χ1) is 11.0. The number of amides is 1. The van der Waals surface area contributed by atoms with Crippen LogP contribution in [-0.2, 0) is 14.3 Å². The van der Waals surface area contributed by atoms with Crippen LogP contribution in [0.4, 0.5) is 0 Å². The number of aryl methyl sites for hydroxylation is 2. The Morgan fingerprint density at radius 3 is 2.48 bits per heavy atom. The summed E-state index contributed by atoms with van der Waals surface area (Å²) in [6.07, 6.45) is 2.02. The van der Waals surface area contributed by atoms with Crippen molar-refractivity contribution in [2.45, 2.75) is 33.6 Å². The van der Waals surface area contributed by atoms with Crippen molar-refractivity contribution in [2.24, 2.45) is 5.92 Å². The van der Waals surface area contributed by atoms with Crippen molar-refractivity contribution in [1.29, 1.82) is 0 Å². The monoisotopic (exact) mass is 319 g/mol. The predicted octanol–water partition coefficient (Wildman–Crippen LogP) is 2.48. The van der Waals surface area contributed by atoms with Gasteiger partial charge in [0, 0.05) is 13.1 Å². The highest BCUT2D eigenvalue weighted by Gasteiger charge is 2.21. The van der Waals surface area contributed by atoms with E-state index in [1.54, 1.807) is 4.90 Å². The van der Waals surface area contributed by atoms with Gasteiger partial charge in [-0.1, -0.05) is 13.0 Å². The van der Waals surface area contributed by atoms with E-state index in [1.807, 2.05) is 32.0 Å². The van der Waals surface area contributed by atoms with Gasteiger partial charge in [-0.2, -0.15) is 0 Å². The van der Waals surface area contributed by atoms with E-state index in [-0.39, 0.29) is 19.1 Å². The van der Waals surface area contributed by atoms with Gasteiger partial charge in [0.1, 0.15) is 5.75 Å². The number of piperidine rings is 1. The van der Waals surface area contributed by atoms with E-state index in [4.69, 9.17) is 9.47 Å². The standard InChI is InChI=1S/C18H25NO4/c1-13-6-8-19(9-7-13)17(20)11-23-18(21)12-22-16-5-4-14(2)15(3)10-16/h4-5,10,13H,6-9,11-12H2,1-3H3. The van der Waals surface area contributed by atoms with E-state index in [2.05, 4.69) is 6.92 Å². The SMILES string of the molecule is Cc1ccc(OCC(=O)OCC(=O)N2CCC(C)CC2)cc1C. The minimum Gasteiger partial charge on any atom is -0.482 e. The summed E-state index contributed by atoms with van der Waals surface area (Å²) in [6, 6.07) is 5.63. The maximum absolute atomic E-state index is 12.0. The van der Waals surface area contributed by atoms with Gasteiger partial charge in [-0.3, -0.25) is 4.79 Å². The molecule has 5 heteroatoms. The Bertz CT molecular complexity index is 562. The van der Waals surface area contributed by atoms with Gasteiger partial charge in [-0.25, -0.2) is 4.79 Å². The van der Waals surface area contributed by atoms with E-state index < -0.39 is 5.97 Å². The molecule has 1 aromatic rings. The maximum atomic E-state index is 12.0. The van der Waals surface area contributed by atoms with Crippen molar-refractivity contribution in [3.8, 4) is 5.75 Å². The van der Waals surface area contributed by atoms with Crippen LogP contribution in [0.3, 0.4) is 0 Å². The second-order valence-electron chi connectivity index (χ2n) is 6.26. The molecule has 1 amide bonds. The molecule has 0 N–H and O–H groups in total. The highest BCUT2D eigenvalue weighted by atomic mass is 16.6. The first kappa shape index (κ1) is 17.3. The van der Waals surface area contributed by atoms with Crippen LogP contribution in [0.5, 0.6) is 5.75 Å². The number of carbonyl (C=O) groups is 2. The summed E-state index contributed by atoms with van der Waals surface area (Å²) in [5.74, 6) is 0.632. The first-order valence-electron chi connectivity index (χ1n) is 8.09. The van der Waals surface area contributed by atoms with Gasteiger partial charge in [0.15, 0.2) is 13.2 Å². The second kappa shape index (κ2) is 7.99. The van der Waals surface area contributed by atoms with E-state index in [9.17, 15) is 9.59 Å². The van der Waals surface area contributed by atoms with Gasteiger partial charge in [0.05, 0.1) is 0 Å². The molecule has 1 aliphatic rings. The van der Waals surface area contributed by atoms with E-state index in [0.717, 1.165) is 31.5 Å². The molecule has 126 valence electrons. The molecule has 5 nitrogen and oxygen atoms in total. The number of ether oxygens (including phenoxy) is 2. The van der Waals surface area contributed by atoms with Gasteiger partial charge in [0.25, 0.3) is 5.91 Å². The van der Waals surface area contributed by atoms with Crippen molar-refractivity contribution in [3.63, 3.8) is 0 Å². The lowest BCUT2D eigenvalue weighted by molar-refractivity contribution is -0.154. The van der Waals surface area contributed by atoms with Gasteiger partial charge in [-0.05, 0) is 55.9 Å². The normalized spacial score (nSPS) is 15.3. The molecule has 0 atom stereocenters. The van der Waals surface area contributed by atoms with Crippen molar-refractivity contribution in [1.82, 2.24) is 4.90 Å². The zero-order valence-electron chi connectivity index (χ0n) is 14.1. The third kappa shape index (κ3) is 5.27. The zero-order chi connectivity index (χ0) is 16.8. The summed E-state index contributed by atoms with van der Waals surface area (Å²) in [6.45, 7) is 7.29. The fraction of sp³-hybridized carbons (Fsp3) is 0.556. The highest BCUT2D eigenvalue weighted by Crippen LogP contribution is 2.17. The Morgan fingerprint density at radius 2 is 1.83 bits per heavy atom. The summed E-state index contributed by atoms with van der Waals surface area (Å²) < 4.78 is 10.4. The molecule has 0 saturated carbocycles. The van der Waals surface area contributed by atoms with Gasteiger partial charge < -0.3 is 14.4 Å². The predicted molar refractivity (Wildman–Crippen MR) is 87.3 cm³/mol. The number of benzene rings is 1. The Hall–Kier alpha value is -2.04. The van der Waals surface area contributed by atoms with Gasteiger partial charge >= 0.3 is 5.97 Å². The number of rotatable bonds is 5. The van der Waals surface area contributed by atoms with E-state index in [0.29, 0.717) is 11.7 Å². The molecule has 0 spiro atoms. The van der Waals surface area contributed by atoms with Gasteiger partial charge in [0.2, 0.25) is 0 Å². The minimum atomic E-state index is -0.526. The fourth-order valence-corrected chi connectivity index (χ4v) is 2.48. The molecule has 23 heavy (non-hydrogen) atoms. The second-order valence-corrected chi connectivity index (χ2v) is 6.26. The van der Waals surface area contributed by atoms with Crippen LogP contribution >= 0.6 is 0 Å². The van der Waals surface area contributed by atoms with Crippen LogP contribution in [0.25, 0.3) is 0 Å². The molecule has 0 aliphatic carbocycles. The van der Waals surface area contributed by atoms with Crippen molar-refractivity contribution < 1.29 is 19.1 Å². The van der Waals surface area contributed by atoms with Crippen molar-refractivity contribution in [2.75, 3.05) is 26.3 Å². The molecule has 0 radical (unpaired) electrons. The number of hydrogen-bond acceptors (Lipinski definition) is 4. The Labute approximate surface area is 137 Å². The minimum absolute atomic E-state index is 0.128. The summed E-state index contributed by atoms with van der Waals surface area (Å²) in [4.78, 5) is 25.4. The average molecular weight is 319 g/mol. The number of carbonyl (C=O) groups excluding carboxylic acids is 2. The molecule has 1 saturated heterocycles. The maximum Gasteiger partial charge on any atom is 0.344 e. The molecule has 0 unspecified atom stereocenters. The molecule has 1 aromatic carbocycles. The highest BCUT2D eigenvalue weighted by molar-refractivity contribution is 5.81. The lowest BCUT2D eigenvalue weighted by Crippen LogP contribution is -2.40. The third-order valence-corrected chi connectivity index (χ3v) is 4.33. The third-order valence-electron chi connectivity index (χ3n) is 4.33. The largest absolute Gasteiger partial charge is 0.482 e. The molecular weight excluding hydrogens is 294 g/mol. The van der Waals surface area contributed by atoms with Crippen molar-refractivity contribution in [3.05, 3.63) is 29.3 Å². The summed E-state index contributed by atoms with van der Waals surface area (Å²) >= 11 is 0. The Balaban J connectivity index is 1.70. The summed E-state index contributed by atoms with van der Waals surface area (Å²) in [5.41, 5.74) is 2.27. The zero-order valence-corrected chi connectivity index (χ0v) is 14.1.